The van der Waals surface area contributed by atoms with E-state index >= 15 is 0 Å². The molecule has 1 atom stereocenters. The van der Waals surface area contributed by atoms with Crippen molar-refractivity contribution in [1.82, 2.24) is 9.55 Å². The topological polar surface area (TPSA) is 97.0 Å². The van der Waals surface area contributed by atoms with Gasteiger partial charge in [0.1, 0.15) is 12.4 Å². The summed E-state index contributed by atoms with van der Waals surface area (Å²) in [4.78, 5) is 38.5. The van der Waals surface area contributed by atoms with E-state index in [2.05, 4.69) is 25.7 Å². The van der Waals surface area contributed by atoms with E-state index in [0.717, 1.165) is 58.8 Å². The summed E-state index contributed by atoms with van der Waals surface area (Å²) in [5.41, 5.74) is 3.70. The normalized spacial score (nSPS) is 19.8. The number of aliphatic imine (C=N–C) groups is 1. The van der Waals surface area contributed by atoms with Gasteiger partial charge in [0.2, 0.25) is 0 Å². The zero-order chi connectivity index (χ0) is 25.4. The molecule has 6 rings (SSSR count). The Bertz CT molecular complexity index is 1540. The summed E-state index contributed by atoms with van der Waals surface area (Å²) in [6, 6.07) is 7.74. The Balaban J connectivity index is 1.63. The van der Waals surface area contributed by atoms with E-state index in [1.165, 1.54) is 0 Å². The lowest BCUT2D eigenvalue weighted by Gasteiger charge is -2.33. The third-order valence-electron chi connectivity index (χ3n) is 7.74. The highest BCUT2D eigenvalue weighted by Gasteiger charge is 2.45. The Hall–Kier alpha value is -3.52. The number of hydrogen-bond acceptors (Lipinski definition) is 7. The van der Waals surface area contributed by atoms with E-state index < -0.39 is 11.6 Å². The number of aliphatic hydroxyl groups is 1. The van der Waals surface area contributed by atoms with E-state index in [9.17, 15) is 14.7 Å². The van der Waals surface area contributed by atoms with Crippen LogP contribution in [-0.2, 0) is 28.3 Å². The predicted octanol–water partition coefficient (Wildman–Crippen LogP) is 4.39. The van der Waals surface area contributed by atoms with Crippen LogP contribution in [0, 0.1) is 5.92 Å². The van der Waals surface area contributed by atoms with Gasteiger partial charge >= 0.3 is 5.97 Å². The first-order valence-corrected chi connectivity index (χ1v) is 12.8. The van der Waals surface area contributed by atoms with Crippen molar-refractivity contribution in [2.75, 3.05) is 11.4 Å². The first-order chi connectivity index (χ1) is 17.3. The quantitative estimate of drug-likeness (QED) is 0.421. The molecule has 0 saturated heterocycles. The van der Waals surface area contributed by atoms with Crippen LogP contribution >= 0.6 is 0 Å². The molecule has 0 radical (unpaired) electrons. The molecule has 0 unspecified atom stereocenters. The van der Waals surface area contributed by atoms with Crippen LogP contribution in [0.5, 0.6) is 0 Å². The molecule has 8 nitrogen and oxygen atoms in total. The number of carbonyl (C=O) groups is 1. The molecule has 0 fully saturated rings. The first-order valence-electron chi connectivity index (χ1n) is 12.8. The Labute approximate surface area is 209 Å². The number of nitrogens with zero attached hydrogens (tertiary/aromatic N) is 4. The molecule has 186 valence electrons. The number of esters is 1. The monoisotopic (exact) mass is 486 g/mol. The minimum Gasteiger partial charge on any atom is -0.458 e. The minimum absolute atomic E-state index is 0.119. The van der Waals surface area contributed by atoms with Crippen LogP contribution < -0.4 is 10.5 Å². The minimum atomic E-state index is -1.84. The molecule has 0 spiro atoms. The Morgan fingerprint density at radius 1 is 1.19 bits per heavy atom. The smallest absolute Gasteiger partial charge is 0.343 e. The Kier molecular flexibility index (Phi) is 5.09. The fourth-order valence-corrected chi connectivity index (χ4v) is 5.71. The number of anilines is 1. The molecule has 0 aliphatic carbocycles. The lowest BCUT2D eigenvalue weighted by molar-refractivity contribution is -0.172. The number of benzene rings is 1. The third-order valence-corrected chi connectivity index (χ3v) is 7.74. The predicted molar refractivity (Wildman–Crippen MR) is 139 cm³/mol. The highest BCUT2D eigenvalue weighted by atomic mass is 16.6. The zero-order valence-electron chi connectivity index (χ0n) is 21.1. The van der Waals surface area contributed by atoms with Gasteiger partial charge in [-0.05, 0) is 37.0 Å². The molecular weight excluding hydrogens is 456 g/mol. The lowest BCUT2D eigenvalue weighted by atomic mass is 9.86. The van der Waals surface area contributed by atoms with E-state index in [4.69, 9.17) is 14.7 Å². The lowest BCUT2D eigenvalue weighted by Crippen LogP contribution is -2.44. The second kappa shape index (κ2) is 8.00. The Morgan fingerprint density at radius 3 is 2.72 bits per heavy atom. The summed E-state index contributed by atoms with van der Waals surface area (Å²) in [5, 5.41) is 12.2. The molecule has 3 aliphatic heterocycles. The number of cyclic esters (lactones) is 1. The molecule has 1 aromatic carbocycles. The van der Waals surface area contributed by atoms with Crippen LogP contribution in [-0.4, -0.2) is 33.0 Å². The van der Waals surface area contributed by atoms with Gasteiger partial charge in [-0.1, -0.05) is 33.8 Å². The van der Waals surface area contributed by atoms with Gasteiger partial charge in [0.05, 0.1) is 45.8 Å². The number of fused-ring (bicyclic) bond motifs is 5. The van der Waals surface area contributed by atoms with Gasteiger partial charge in [-0.25, -0.2) is 14.8 Å². The second-order valence-electron chi connectivity index (χ2n) is 10.3. The van der Waals surface area contributed by atoms with Gasteiger partial charge in [-0.2, -0.15) is 0 Å². The van der Waals surface area contributed by atoms with Crippen molar-refractivity contribution >= 4 is 34.1 Å². The highest BCUT2D eigenvalue weighted by molar-refractivity contribution is 6.16. The molecule has 0 saturated carbocycles. The number of amidine groups is 1. The van der Waals surface area contributed by atoms with Gasteiger partial charge in [0, 0.05) is 24.1 Å². The molecule has 0 bridgehead atoms. The van der Waals surface area contributed by atoms with Crippen LogP contribution in [0.15, 0.2) is 34.1 Å². The molecular formula is C28H30N4O4. The van der Waals surface area contributed by atoms with Gasteiger partial charge in [0.25, 0.3) is 5.56 Å². The van der Waals surface area contributed by atoms with E-state index in [0.29, 0.717) is 29.3 Å². The number of hydrogen-bond donors (Lipinski definition) is 1. The average Bonchev–Trinajstić information content (AvgIpc) is 3.24. The molecule has 1 N–H and O–H groups in total. The van der Waals surface area contributed by atoms with Gasteiger partial charge < -0.3 is 19.3 Å². The summed E-state index contributed by atoms with van der Waals surface area (Å²) in [6.07, 6.45) is 1.91. The van der Waals surface area contributed by atoms with Crippen molar-refractivity contribution in [3.05, 3.63) is 51.3 Å². The number of carbonyl (C=O) groups excluding carboxylic acids is 1. The van der Waals surface area contributed by atoms with Crippen molar-refractivity contribution in [3.63, 3.8) is 0 Å². The summed E-state index contributed by atoms with van der Waals surface area (Å²) in [5.74, 6) is 0.822. The van der Waals surface area contributed by atoms with Crippen molar-refractivity contribution in [2.24, 2.45) is 10.9 Å². The van der Waals surface area contributed by atoms with Crippen LogP contribution in [0.25, 0.3) is 22.3 Å². The molecule has 8 heteroatoms. The van der Waals surface area contributed by atoms with E-state index in [-0.39, 0.29) is 18.6 Å². The number of ether oxygens (including phenoxy) is 1. The third kappa shape index (κ3) is 3.03. The van der Waals surface area contributed by atoms with E-state index in [1.807, 2.05) is 18.2 Å². The number of rotatable bonds is 5. The molecule has 3 aromatic rings. The van der Waals surface area contributed by atoms with Crippen LogP contribution in [0.1, 0.15) is 63.6 Å². The largest absolute Gasteiger partial charge is 0.458 e. The van der Waals surface area contributed by atoms with Crippen LogP contribution in [0.3, 0.4) is 0 Å². The van der Waals surface area contributed by atoms with Gasteiger partial charge in [-0.3, -0.25) is 4.79 Å². The SMILES string of the molecule is CCC1=Nc2cccc3nc4c(c(c23)N1CCC(C)C)Cn1c-4cc2c(c1=O)COC(=O)[C@]2(O)CC. The fraction of sp³-hybridized carbons (Fsp3) is 0.429. The maximum atomic E-state index is 13.7. The standard InChI is InChI=1S/C28H30N4O4/c1-5-22-29-19-8-7-9-20-23(19)25(31(22)11-10-15(3)4)16-13-32-21(24(16)30-20)12-18-17(26(32)33)14-36-27(34)28(18,35)6-2/h7-9,12,15,35H,5-6,10-11,13-14H2,1-4H3/t28-/m0/s1. The molecule has 5 heterocycles. The summed E-state index contributed by atoms with van der Waals surface area (Å²) >= 11 is 0. The molecule has 3 aliphatic rings. The average molecular weight is 487 g/mol. The van der Waals surface area contributed by atoms with Crippen molar-refractivity contribution in [3.8, 4) is 11.4 Å². The van der Waals surface area contributed by atoms with Crippen LogP contribution in [0.2, 0.25) is 0 Å². The zero-order valence-corrected chi connectivity index (χ0v) is 21.1. The van der Waals surface area contributed by atoms with E-state index in [1.54, 1.807) is 17.6 Å². The van der Waals surface area contributed by atoms with Gasteiger partial charge in [0.15, 0.2) is 5.60 Å². The summed E-state index contributed by atoms with van der Waals surface area (Å²) in [6.45, 7) is 9.32. The number of pyridine rings is 2. The summed E-state index contributed by atoms with van der Waals surface area (Å²) in [7, 11) is 0. The second-order valence-corrected chi connectivity index (χ2v) is 10.3. The van der Waals surface area contributed by atoms with Crippen molar-refractivity contribution in [1.29, 1.82) is 0 Å². The Morgan fingerprint density at radius 2 is 2.00 bits per heavy atom. The molecule has 0 amide bonds. The highest BCUT2D eigenvalue weighted by Crippen LogP contribution is 2.47. The fourth-order valence-electron chi connectivity index (χ4n) is 5.71. The molecule has 2 aromatic heterocycles. The van der Waals surface area contributed by atoms with Crippen LogP contribution in [0.4, 0.5) is 11.4 Å². The number of aromatic nitrogens is 2. The molecule has 36 heavy (non-hydrogen) atoms. The maximum absolute atomic E-state index is 13.7. The maximum Gasteiger partial charge on any atom is 0.343 e. The first kappa shape index (κ1) is 22.9. The van der Waals surface area contributed by atoms with Crippen molar-refractivity contribution < 1.29 is 14.6 Å². The summed E-state index contributed by atoms with van der Waals surface area (Å²) < 4.78 is 6.93. The van der Waals surface area contributed by atoms with Crippen molar-refractivity contribution in [2.45, 2.75) is 65.7 Å². The van der Waals surface area contributed by atoms with Gasteiger partial charge in [-0.15, -0.1) is 0 Å².